The van der Waals surface area contributed by atoms with Crippen molar-refractivity contribution in [2.24, 2.45) is 0 Å². The van der Waals surface area contributed by atoms with E-state index in [-0.39, 0.29) is 10.6 Å². The van der Waals surface area contributed by atoms with Gasteiger partial charge in [0.25, 0.3) is 10.0 Å². The van der Waals surface area contributed by atoms with Gasteiger partial charge in [-0.15, -0.1) is 0 Å². The SMILES string of the molecule is Cc1ccc(S(=O)(=O)Nc2ccc(F)cc2I)c(N)c1. The fourth-order valence-corrected chi connectivity index (χ4v) is 3.67. The first-order valence-electron chi connectivity index (χ1n) is 5.63. The average Bonchev–Trinajstić information content (AvgIpc) is 2.32. The Kier molecular flexibility index (Phi) is 4.19. The first-order valence-corrected chi connectivity index (χ1v) is 8.20. The molecule has 0 unspecified atom stereocenters. The van der Waals surface area contributed by atoms with Crippen molar-refractivity contribution in [3.05, 3.63) is 51.3 Å². The molecule has 2 aromatic carbocycles. The molecular formula is C13H12FIN2O2S. The largest absolute Gasteiger partial charge is 0.398 e. The highest BCUT2D eigenvalue weighted by Crippen LogP contribution is 2.25. The molecule has 0 aliphatic heterocycles. The zero-order valence-electron chi connectivity index (χ0n) is 10.5. The Hall–Kier alpha value is -1.35. The molecule has 0 saturated carbocycles. The zero-order chi connectivity index (χ0) is 14.9. The fourth-order valence-electron chi connectivity index (χ4n) is 1.68. The number of hydrogen-bond donors (Lipinski definition) is 2. The molecule has 7 heteroatoms. The molecule has 3 N–H and O–H groups in total. The molecule has 2 aromatic rings. The number of anilines is 2. The van der Waals surface area contributed by atoms with Gasteiger partial charge in [0.1, 0.15) is 10.7 Å². The number of hydrogen-bond acceptors (Lipinski definition) is 3. The molecular weight excluding hydrogens is 394 g/mol. The summed E-state index contributed by atoms with van der Waals surface area (Å²) >= 11 is 1.86. The van der Waals surface area contributed by atoms with Crippen molar-refractivity contribution >= 4 is 44.0 Å². The zero-order valence-corrected chi connectivity index (χ0v) is 13.5. The molecule has 2 rings (SSSR count). The van der Waals surface area contributed by atoms with Crippen LogP contribution in [0.4, 0.5) is 15.8 Å². The third-order valence-electron chi connectivity index (χ3n) is 2.63. The summed E-state index contributed by atoms with van der Waals surface area (Å²) < 4.78 is 40.5. The van der Waals surface area contributed by atoms with Crippen LogP contribution >= 0.6 is 22.6 Å². The van der Waals surface area contributed by atoms with Crippen molar-refractivity contribution in [1.82, 2.24) is 0 Å². The Bertz CT molecular complexity index is 763. The van der Waals surface area contributed by atoms with Gasteiger partial charge in [0.2, 0.25) is 0 Å². The number of aryl methyl sites for hydroxylation is 1. The highest BCUT2D eigenvalue weighted by molar-refractivity contribution is 14.1. The lowest BCUT2D eigenvalue weighted by molar-refractivity contribution is 0.601. The third-order valence-corrected chi connectivity index (χ3v) is 4.96. The minimum atomic E-state index is -3.80. The van der Waals surface area contributed by atoms with Gasteiger partial charge in [0.05, 0.1) is 11.4 Å². The second-order valence-corrected chi connectivity index (χ2v) is 7.08. The van der Waals surface area contributed by atoms with E-state index in [1.807, 2.05) is 29.5 Å². The summed E-state index contributed by atoms with van der Waals surface area (Å²) in [6.45, 7) is 1.82. The minimum absolute atomic E-state index is 0.00299. The number of halogens is 2. The van der Waals surface area contributed by atoms with Crippen molar-refractivity contribution in [3.8, 4) is 0 Å². The number of nitrogens with two attached hydrogens (primary N) is 1. The molecule has 0 heterocycles. The summed E-state index contributed by atoms with van der Waals surface area (Å²) in [5.41, 5.74) is 7.10. The molecule has 106 valence electrons. The average molecular weight is 406 g/mol. The molecule has 0 aliphatic carbocycles. The Morgan fingerprint density at radius 2 is 1.90 bits per heavy atom. The molecule has 0 aromatic heterocycles. The number of benzene rings is 2. The molecule has 0 saturated heterocycles. The van der Waals surface area contributed by atoms with Crippen LogP contribution < -0.4 is 10.5 Å². The second kappa shape index (κ2) is 5.57. The van der Waals surface area contributed by atoms with E-state index in [4.69, 9.17) is 5.73 Å². The van der Waals surface area contributed by atoms with Gasteiger partial charge >= 0.3 is 0 Å². The van der Waals surface area contributed by atoms with E-state index >= 15 is 0 Å². The maximum Gasteiger partial charge on any atom is 0.263 e. The van der Waals surface area contributed by atoms with Crippen molar-refractivity contribution in [2.45, 2.75) is 11.8 Å². The first kappa shape index (κ1) is 15.0. The lowest BCUT2D eigenvalue weighted by atomic mass is 10.2. The maximum absolute atomic E-state index is 13.0. The van der Waals surface area contributed by atoms with Gasteiger partial charge in [-0.25, -0.2) is 12.8 Å². The Balaban J connectivity index is 2.41. The molecule has 0 spiro atoms. The second-order valence-electron chi connectivity index (χ2n) is 4.27. The lowest BCUT2D eigenvalue weighted by Gasteiger charge is -2.12. The van der Waals surface area contributed by atoms with Crippen molar-refractivity contribution in [3.63, 3.8) is 0 Å². The molecule has 0 radical (unpaired) electrons. The van der Waals surface area contributed by atoms with Crippen LogP contribution in [0, 0.1) is 16.3 Å². The van der Waals surface area contributed by atoms with Crippen LogP contribution in [0.2, 0.25) is 0 Å². The fraction of sp³-hybridized carbons (Fsp3) is 0.0769. The molecule has 0 amide bonds. The number of rotatable bonds is 3. The van der Waals surface area contributed by atoms with Crippen LogP contribution in [0.5, 0.6) is 0 Å². The molecule has 0 atom stereocenters. The summed E-state index contributed by atoms with van der Waals surface area (Å²) in [6.07, 6.45) is 0. The van der Waals surface area contributed by atoms with E-state index in [9.17, 15) is 12.8 Å². The molecule has 0 aliphatic rings. The van der Waals surface area contributed by atoms with Gasteiger partial charge in [0, 0.05) is 3.57 Å². The van der Waals surface area contributed by atoms with Crippen LogP contribution in [-0.4, -0.2) is 8.42 Å². The quantitative estimate of drug-likeness (QED) is 0.608. The van der Waals surface area contributed by atoms with Crippen LogP contribution in [0.3, 0.4) is 0 Å². The van der Waals surface area contributed by atoms with Crippen molar-refractivity contribution in [2.75, 3.05) is 10.5 Å². The van der Waals surface area contributed by atoms with Gasteiger partial charge in [-0.05, 0) is 65.4 Å². The topological polar surface area (TPSA) is 72.2 Å². The lowest BCUT2D eigenvalue weighted by Crippen LogP contribution is -2.15. The monoisotopic (exact) mass is 406 g/mol. The standard InChI is InChI=1S/C13H12FIN2O2S/c1-8-2-5-13(11(16)6-8)20(18,19)17-12-4-3-9(14)7-10(12)15/h2-7,17H,16H2,1H3. The van der Waals surface area contributed by atoms with E-state index in [0.29, 0.717) is 9.26 Å². The van der Waals surface area contributed by atoms with Crippen LogP contribution in [0.1, 0.15) is 5.56 Å². The summed E-state index contributed by atoms with van der Waals surface area (Å²) in [6, 6.07) is 8.52. The van der Waals surface area contributed by atoms with Crippen LogP contribution in [0.25, 0.3) is 0 Å². The first-order chi connectivity index (χ1) is 9.29. The van der Waals surface area contributed by atoms with E-state index in [1.165, 1.54) is 24.3 Å². The Morgan fingerprint density at radius 3 is 2.50 bits per heavy atom. The summed E-state index contributed by atoms with van der Waals surface area (Å²) in [7, 11) is -3.80. The van der Waals surface area contributed by atoms with Gasteiger partial charge in [-0.3, -0.25) is 4.72 Å². The van der Waals surface area contributed by atoms with Crippen LogP contribution in [-0.2, 0) is 10.0 Å². The highest BCUT2D eigenvalue weighted by Gasteiger charge is 2.18. The van der Waals surface area contributed by atoms with E-state index in [2.05, 4.69) is 4.72 Å². The predicted octanol–water partition coefficient (Wildman–Crippen LogP) is 3.12. The van der Waals surface area contributed by atoms with Gasteiger partial charge < -0.3 is 5.73 Å². The normalized spacial score (nSPS) is 11.3. The van der Waals surface area contributed by atoms with Crippen LogP contribution in [0.15, 0.2) is 41.3 Å². The van der Waals surface area contributed by atoms with E-state index < -0.39 is 15.8 Å². The highest BCUT2D eigenvalue weighted by atomic mass is 127. The Morgan fingerprint density at radius 1 is 1.20 bits per heavy atom. The van der Waals surface area contributed by atoms with Gasteiger partial charge in [0.15, 0.2) is 0 Å². The van der Waals surface area contributed by atoms with Gasteiger partial charge in [-0.2, -0.15) is 0 Å². The number of sulfonamides is 1. The van der Waals surface area contributed by atoms with Crippen molar-refractivity contribution < 1.29 is 12.8 Å². The van der Waals surface area contributed by atoms with Gasteiger partial charge in [-0.1, -0.05) is 6.07 Å². The molecule has 20 heavy (non-hydrogen) atoms. The predicted molar refractivity (Wildman–Crippen MR) is 85.5 cm³/mol. The summed E-state index contributed by atoms with van der Waals surface area (Å²) in [4.78, 5) is 0.00299. The number of nitrogen functional groups attached to an aromatic ring is 1. The minimum Gasteiger partial charge on any atom is -0.398 e. The molecule has 0 bridgehead atoms. The van der Waals surface area contributed by atoms with Crippen molar-refractivity contribution in [1.29, 1.82) is 0 Å². The van der Waals surface area contributed by atoms with E-state index in [0.717, 1.165) is 5.56 Å². The Labute approximate surface area is 130 Å². The van der Waals surface area contributed by atoms with E-state index in [1.54, 1.807) is 12.1 Å². The molecule has 4 nitrogen and oxygen atoms in total. The third kappa shape index (κ3) is 3.21. The summed E-state index contributed by atoms with van der Waals surface area (Å²) in [5, 5.41) is 0. The maximum atomic E-state index is 13.0. The summed E-state index contributed by atoms with van der Waals surface area (Å²) in [5.74, 6) is -0.424. The molecule has 0 fully saturated rings. The smallest absolute Gasteiger partial charge is 0.263 e. The number of nitrogens with one attached hydrogen (secondary N) is 1.